The van der Waals surface area contributed by atoms with Crippen LogP contribution >= 0.6 is 0 Å². The number of hydrogen-bond donors (Lipinski definition) is 0. The third-order valence-electron chi connectivity index (χ3n) is 5.18. The molecule has 0 spiro atoms. The van der Waals surface area contributed by atoms with Gasteiger partial charge in [-0.25, -0.2) is 0 Å². The molecule has 2 aromatic rings. The number of rotatable bonds is 7. The molecule has 128 valence electrons. The highest BCUT2D eigenvalue weighted by Crippen LogP contribution is 2.20. The number of likely N-dealkylation sites (tertiary alicyclic amines) is 1. The lowest BCUT2D eigenvalue weighted by Gasteiger charge is -2.30. The third kappa shape index (κ3) is 4.43. The third-order valence-corrected chi connectivity index (χ3v) is 5.18. The standard InChI is InChI=1S/C21H29N3/c1-3-24-14-6-9-21(24)17-23(15-19-10-12-22-13-11-19)16-20-8-5-4-7-18(20)2/h4-5,7-8,10-13,21H,3,6,9,14-17H2,1-2H3. The van der Waals surface area contributed by atoms with Crippen LogP contribution < -0.4 is 0 Å². The first-order chi connectivity index (χ1) is 11.8. The topological polar surface area (TPSA) is 19.4 Å². The van der Waals surface area contributed by atoms with Gasteiger partial charge >= 0.3 is 0 Å². The van der Waals surface area contributed by atoms with Crippen LogP contribution in [0.25, 0.3) is 0 Å². The van der Waals surface area contributed by atoms with E-state index in [-0.39, 0.29) is 0 Å². The Balaban J connectivity index is 1.74. The van der Waals surface area contributed by atoms with Gasteiger partial charge in [0, 0.05) is 38.1 Å². The Morgan fingerprint density at radius 3 is 2.67 bits per heavy atom. The van der Waals surface area contributed by atoms with Crippen molar-refractivity contribution >= 4 is 0 Å². The molecule has 0 aliphatic carbocycles. The number of hydrogen-bond acceptors (Lipinski definition) is 3. The fourth-order valence-corrected chi connectivity index (χ4v) is 3.78. The molecule has 3 nitrogen and oxygen atoms in total. The minimum Gasteiger partial charge on any atom is -0.299 e. The van der Waals surface area contributed by atoms with Crippen LogP contribution in [0.2, 0.25) is 0 Å². The first kappa shape index (κ1) is 17.1. The molecule has 0 saturated carbocycles. The molecule has 1 aromatic heterocycles. The number of likely N-dealkylation sites (N-methyl/N-ethyl adjacent to an activating group) is 1. The summed E-state index contributed by atoms with van der Waals surface area (Å²) in [6.45, 7) is 10.1. The lowest BCUT2D eigenvalue weighted by Crippen LogP contribution is -2.39. The second-order valence-corrected chi connectivity index (χ2v) is 6.88. The average Bonchev–Trinajstić information content (AvgIpc) is 3.05. The highest BCUT2D eigenvalue weighted by molar-refractivity contribution is 5.25. The Morgan fingerprint density at radius 1 is 1.12 bits per heavy atom. The van der Waals surface area contributed by atoms with E-state index in [0.717, 1.165) is 26.2 Å². The molecule has 0 bridgehead atoms. The molecule has 3 heteroatoms. The summed E-state index contributed by atoms with van der Waals surface area (Å²) in [6.07, 6.45) is 6.46. The summed E-state index contributed by atoms with van der Waals surface area (Å²) in [4.78, 5) is 9.40. The lowest BCUT2D eigenvalue weighted by molar-refractivity contribution is 0.166. The Morgan fingerprint density at radius 2 is 1.92 bits per heavy atom. The molecule has 1 fully saturated rings. The highest BCUT2D eigenvalue weighted by atomic mass is 15.2. The summed E-state index contributed by atoms with van der Waals surface area (Å²) in [5.41, 5.74) is 4.17. The van der Waals surface area contributed by atoms with Gasteiger partial charge in [0.15, 0.2) is 0 Å². The predicted molar refractivity (Wildman–Crippen MR) is 99.8 cm³/mol. The summed E-state index contributed by atoms with van der Waals surface area (Å²) >= 11 is 0. The molecule has 1 unspecified atom stereocenters. The Kier molecular flexibility index (Phi) is 6.00. The number of pyridine rings is 1. The monoisotopic (exact) mass is 323 g/mol. The zero-order chi connectivity index (χ0) is 16.8. The van der Waals surface area contributed by atoms with Gasteiger partial charge in [0.25, 0.3) is 0 Å². The summed E-state index contributed by atoms with van der Waals surface area (Å²) < 4.78 is 0. The van der Waals surface area contributed by atoms with Gasteiger partial charge in [0.1, 0.15) is 0 Å². The van der Waals surface area contributed by atoms with E-state index in [1.54, 1.807) is 0 Å². The molecule has 24 heavy (non-hydrogen) atoms. The Labute approximate surface area is 146 Å². The van der Waals surface area contributed by atoms with Crippen LogP contribution in [0.3, 0.4) is 0 Å². The van der Waals surface area contributed by atoms with Gasteiger partial charge in [-0.3, -0.25) is 14.8 Å². The molecule has 1 aromatic carbocycles. The van der Waals surface area contributed by atoms with E-state index in [4.69, 9.17) is 0 Å². The lowest BCUT2D eigenvalue weighted by atomic mass is 10.1. The zero-order valence-corrected chi connectivity index (χ0v) is 15.0. The summed E-state index contributed by atoms with van der Waals surface area (Å²) in [6, 6.07) is 13.7. The summed E-state index contributed by atoms with van der Waals surface area (Å²) in [7, 11) is 0. The predicted octanol–water partition coefficient (Wildman–Crippen LogP) is 3.88. The van der Waals surface area contributed by atoms with Crippen LogP contribution in [0.5, 0.6) is 0 Å². The van der Waals surface area contributed by atoms with Crippen molar-refractivity contribution in [1.82, 2.24) is 14.8 Å². The van der Waals surface area contributed by atoms with Crippen LogP contribution in [0.4, 0.5) is 0 Å². The second-order valence-electron chi connectivity index (χ2n) is 6.88. The summed E-state index contributed by atoms with van der Waals surface area (Å²) in [5, 5.41) is 0. The van der Waals surface area contributed by atoms with E-state index >= 15 is 0 Å². The fourth-order valence-electron chi connectivity index (χ4n) is 3.78. The van der Waals surface area contributed by atoms with E-state index in [1.807, 2.05) is 12.4 Å². The van der Waals surface area contributed by atoms with Crippen molar-refractivity contribution in [3.05, 3.63) is 65.5 Å². The minimum absolute atomic E-state index is 0.695. The normalized spacial score (nSPS) is 18.4. The van der Waals surface area contributed by atoms with Gasteiger partial charge in [-0.1, -0.05) is 31.2 Å². The Bertz CT molecular complexity index is 626. The maximum Gasteiger partial charge on any atom is 0.0271 e. The molecule has 0 radical (unpaired) electrons. The van der Waals surface area contributed by atoms with Crippen LogP contribution in [-0.4, -0.2) is 40.5 Å². The van der Waals surface area contributed by atoms with Gasteiger partial charge in [-0.2, -0.15) is 0 Å². The van der Waals surface area contributed by atoms with Crippen LogP contribution in [0.15, 0.2) is 48.8 Å². The van der Waals surface area contributed by atoms with Crippen molar-refractivity contribution in [2.75, 3.05) is 19.6 Å². The van der Waals surface area contributed by atoms with E-state index in [2.05, 4.69) is 65.0 Å². The second kappa shape index (κ2) is 8.41. The van der Waals surface area contributed by atoms with Crippen molar-refractivity contribution in [3.8, 4) is 0 Å². The van der Waals surface area contributed by atoms with Crippen LogP contribution in [-0.2, 0) is 13.1 Å². The summed E-state index contributed by atoms with van der Waals surface area (Å²) in [5.74, 6) is 0. The van der Waals surface area contributed by atoms with E-state index in [0.29, 0.717) is 6.04 Å². The molecule has 1 aliphatic rings. The molecule has 1 atom stereocenters. The maximum atomic E-state index is 4.15. The fraction of sp³-hybridized carbons (Fsp3) is 0.476. The van der Waals surface area contributed by atoms with E-state index < -0.39 is 0 Å². The average molecular weight is 323 g/mol. The largest absolute Gasteiger partial charge is 0.299 e. The SMILES string of the molecule is CCN1CCCC1CN(Cc1ccncc1)Cc1ccccc1C. The van der Waals surface area contributed by atoms with Crippen LogP contribution in [0.1, 0.15) is 36.5 Å². The van der Waals surface area contributed by atoms with Gasteiger partial charge in [0.2, 0.25) is 0 Å². The van der Waals surface area contributed by atoms with Gasteiger partial charge < -0.3 is 0 Å². The number of aryl methyl sites for hydroxylation is 1. The Hall–Kier alpha value is -1.71. The number of aromatic nitrogens is 1. The molecule has 1 saturated heterocycles. The number of benzene rings is 1. The van der Waals surface area contributed by atoms with Crippen LogP contribution in [0, 0.1) is 6.92 Å². The molecule has 0 N–H and O–H groups in total. The minimum atomic E-state index is 0.695. The first-order valence-electron chi connectivity index (χ1n) is 9.16. The van der Waals surface area contributed by atoms with Crippen molar-refractivity contribution in [2.24, 2.45) is 0 Å². The number of nitrogens with zero attached hydrogens (tertiary/aromatic N) is 3. The van der Waals surface area contributed by atoms with Crippen molar-refractivity contribution in [2.45, 2.75) is 45.8 Å². The molecule has 2 heterocycles. The first-order valence-corrected chi connectivity index (χ1v) is 9.16. The molecule has 0 amide bonds. The van der Waals surface area contributed by atoms with E-state index in [1.165, 1.54) is 36.1 Å². The molecular formula is C21H29N3. The van der Waals surface area contributed by atoms with Gasteiger partial charge in [-0.15, -0.1) is 0 Å². The molecule has 1 aliphatic heterocycles. The van der Waals surface area contributed by atoms with Crippen molar-refractivity contribution in [3.63, 3.8) is 0 Å². The van der Waals surface area contributed by atoms with Crippen molar-refractivity contribution < 1.29 is 0 Å². The maximum absolute atomic E-state index is 4.15. The highest BCUT2D eigenvalue weighted by Gasteiger charge is 2.25. The zero-order valence-electron chi connectivity index (χ0n) is 15.0. The van der Waals surface area contributed by atoms with Crippen molar-refractivity contribution in [1.29, 1.82) is 0 Å². The van der Waals surface area contributed by atoms with Gasteiger partial charge in [-0.05, 0) is 61.7 Å². The smallest absolute Gasteiger partial charge is 0.0271 e. The van der Waals surface area contributed by atoms with Gasteiger partial charge in [0.05, 0.1) is 0 Å². The molecule has 3 rings (SSSR count). The quantitative estimate of drug-likeness (QED) is 0.771. The molecular weight excluding hydrogens is 294 g/mol. The van der Waals surface area contributed by atoms with E-state index in [9.17, 15) is 0 Å².